The number of unbranched alkanes of at least 4 members (excludes halogenated alkanes) is 1. The lowest BCUT2D eigenvalue weighted by Gasteiger charge is -2.32. The van der Waals surface area contributed by atoms with Crippen molar-refractivity contribution in [2.75, 3.05) is 26.2 Å². The molecule has 31 heavy (non-hydrogen) atoms. The first-order valence-electron chi connectivity index (χ1n) is 11.0. The fourth-order valence-corrected chi connectivity index (χ4v) is 3.88. The van der Waals surface area contributed by atoms with Crippen LogP contribution in [0.1, 0.15) is 77.5 Å². The second-order valence-electron chi connectivity index (χ2n) is 8.58. The lowest BCUT2D eigenvalue weighted by molar-refractivity contribution is 0.0635. The van der Waals surface area contributed by atoms with Crippen LogP contribution in [0.5, 0.6) is 0 Å². The molecular weight excluding hydrogens is 398 g/mol. The third-order valence-electron chi connectivity index (χ3n) is 5.60. The highest BCUT2D eigenvalue weighted by Crippen LogP contribution is 2.26. The molecule has 1 N–H and O–H groups in total. The molecule has 0 aliphatic carbocycles. The van der Waals surface area contributed by atoms with Gasteiger partial charge in [-0.1, -0.05) is 27.2 Å². The number of benzene rings is 1. The van der Waals surface area contributed by atoms with E-state index in [9.17, 15) is 19.2 Å². The number of carbonyl (C=O) groups is 4. The Morgan fingerprint density at radius 3 is 2.45 bits per heavy atom. The molecule has 1 aromatic carbocycles. The van der Waals surface area contributed by atoms with Gasteiger partial charge in [-0.2, -0.15) is 0 Å². The van der Waals surface area contributed by atoms with Gasteiger partial charge in [0.2, 0.25) is 0 Å². The minimum Gasteiger partial charge on any atom is -0.450 e. The molecule has 0 bridgehead atoms. The highest BCUT2D eigenvalue weighted by Gasteiger charge is 2.36. The monoisotopic (exact) mass is 429 g/mol. The zero-order chi connectivity index (χ0) is 22.5. The zero-order valence-electron chi connectivity index (χ0n) is 18.5. The summed E-state index contributed by atoms with van der Waals surface area (Å²) in [5, 5.41) is 2.86. The molecule has 8 heteroatoms. The number of carbonyl (C=O) groups excluding carboxylic acids is 4. The summed E-state index contributed by atoms with van der Waals surface area (Å²) in [7, 11) is 0. The predicted octanol–water partition coefficient (Wildman–Crippen LogP) is 3.07. The fourth-order valence-electron chi connectivity index (χ4n) is 3.88. The van der Waals surface area contributed by atoms with Gasteiger partial charge in [-0.05, 0) is 43.4 Å². The number of nitrogens with one attached hydrogen (secondary N) is 1. The Labute approximate surface area is 182 Å². The van der Waals surface area contributed by atoms with Crippen LogP contribution in [0.25, 0.3) is 0 Å². The maximum Gasteiger partial charge on any atom is 0.407 e. The quantitative estimate of drug-likeness (QED) is 0.531. The number of alkyl carbamates (subject to hydrolysis) is 1. The zero-order valence-corrected chi connectivity index (χ0v) is 18.5. The number of likely N-dealkylation sites (tertiary alicyclic amines) is 1. The minimum atomic E-state index is -0.411. The van der Waals surface area contributed by atoms with E-state index in [1.165, 1.54) is 11.0 Å². The summed E-state index contributed by atoms with van der Waals surface area (Å²) >= 11 is 0. The first kappa shape index (κ1) is 22.8. The largest absolute Gasteiger partial charge is 0.450 e. The topological polar surface area (TPSA) is 96.0 Å². The lowest BCUT2D eigenvalue weighted by Crippen LogP contribution is -2.46. The molecule has 0 atom stereocenters. The van der Waals surface area contributed by atoms with Gasteiger partial charge in [-0.15, -0.1) is 0 Å². The van der Waals surface area contributed by atoms with E-state index in [1.807, 2.05) is 20.8 Å². The number of imide groups is 1. The number of amides is 4. The molecule has 0 spiro atoms. The standard InChI is InChI=1S/C23H31N3O5/c1-4-5-12-31-23(30)24-17-8-10-25(11-9-17)20(27)16-6-7-18-19(13-16)22(29)26(21(18)28)14-15(2)3/h6-7,13,15,17H,4-5,8-12,14H2,1-3H3,(H,24,30). The average molecular weight is 430 g/mol. The maximum atomic E-state index is 13.0. The van der Waals surface area contributed by atoms with Crippen molar-refractivity contribution in [3.8, 4) is 0 Å². The maximum absolute atomic E-state index is 13.0. The highest BCUT2D eigenvalue weighted by atomic mass is 16.5. The molecule has 0 unspecified atom stereocenters. The summed E-state index contributed by atoms with van der Waals surface area (Å²) < 4.78 is 5.13. The van der Waals surface area contributed by atoms with Crippen molar-refractivity contribution in [2.24, 2.45) is 5.92 Å². The van der Waals surface area contributed by atoms with Crippen molar-refractivity contribution in [3.63, 3.8) is 0 Å². The van der Waals surface area contributed by atoms with Gasteiger partial charge in [0.05, 0.1) is 17.7 Å². The van der Waals surface area contributed by atoms with Gasteiger partial charge in [0, 0.05) is 31.2 Å². The molecule has 2 aliphatic heterocycles. The molecule has 8 nitrogen and oxygen atoms in total. The first-order valence-corrected chi connectivity index (χ1v) is 11.0. The van der Waals surface area contributed by atoms with E-state index < -0.39 is 6.09 Å². The number of piperidine rings is 1. The van der Waals surface area contributed by atoms with E-state index in [4.69, 9.17) is 4.74 Å². The normalized spacial score (nSPS) is 16.6. The predicted molar refractivity (Wildman–Crippen MR) is 115 cm³/mol. The third-order valence-corrected chi connectivity index (χ3v) is 5.60. The molecular formula is C23H31N3O5. The Balaban J connectivity index is 1.58. The van der Waals surface area contributed by atoms with Gasteiger partial charge in [-0.3, -0.25) is 19.3 Å². The molecule has 1 fully saturated rings. The average Bonchev–Trinajstić information content (AvgIpc) is 2.98. The van der Waals surface area contributed by atoms with Gasteiger partial charge >= 0.3 is 6.09 Å². The second kappa shape index (κ2) is 9.94. The van der Waals surface area contributed by atoms with Gasteiger partial charge in [0.1, 0.15) is 0 Å². The summed E-state index contributed by atoms with van der Waals surface area (Å²) in [4.78, 5) is 52.9. The molecule has 168 valence electrons. The van der Waals surface area contributed by atoms with Crippen molar-refractivity contribution in [1.82, 2.24) is 15.1 Å². The van der Waals surface area contributed by atoms with E-state index in [0.29, 0.717) is 55.8 Å². The molecule has 2 heterocycles. The highest BCUT2D eigenvalue weighted by molar-refractivity contribution is 6.22. The Kier molecular flexibility index (Phi) is 7.30. The Morgan fingerprint density at radius 2 is 1.81 bits per heavy atom. The Morgan fingerprint density at radius 1 is 1.13 bits per heavy atom. The molecule has 0 radical (unpaired) electrons. The number of fused-ring (bicyclic) bond motifs is 1. The van der Waals surface area contributed by atoms with Crippen LogP contribution in [0.3, 0.4) is 0 Å². The summed E-state index contributed by atoms with van der Waals surface area (Å²) in [6.45, 7) is 7.70. The van der Waals surface area contributed by atoms with E-state index in [-0.39, 0.29) is 29.7 Å². The molecule has 1 aromatic rings. The number of ether oxygens (including phenoxy) is 1. The lowest BCUT2D eigenvalue weighted by atomic mass is 10.0. The van der Waals surface area contributed by atoms with E-state index in [1.54, 1.807) is 17.0 Å². The van der Waals surface area contributed by atoms with Crippen molar-refractivity contribution >= 4 is 23.8 Å². The van der Waals surface area contributed by atoms with Crippen LogP contribution >= 0.6 is 0 Å². The van der Waals surface area contributed by atoms with Crippen molar-refractivity contribution in [3.05, 3.63) is 34.9 Å². The Bertz CT molecular complexity index is 859. The van der Waals surface area contributed by atoms with Gasteiger partial charge in [0.25, 0.3) is 17.7 Å². The van der Waals surface area contributed by atoms with Crippen molar-refractivity contribution < 1.29 is 23.9 Å². The van der Waals surface area contributed by atoms with Crippen LogP contribution < -0.4 is 5.32 Å². The number of hydrogen-bond acceptors (Lipinski definition) is 5. The number of hydrogen-bond donors (Lipinski definition) is 1. The summed E-state index contributed by atoms with van der Waals surface area (Å²) in [6, 6.07) is 4.69. The second-order valence-corrected chi connectivity index (χ2v) is 8.58. The first-order chi connectivity index (χ1) is 14.8. The molecule has 2 aliphatic rings. The van der Waals surface area contributed by atoms with Crippen LogP contribution in [0.15, 0.2) is 18.2 Å². The van der Waals surface area contributed by atoms with Crippen molar-refractivity contribution in [1.29, 1.82) is 0 Å². The molecule has 0 saturated carbocycles. The molecule has 1 saturated heterocycles. The SMILES string of the molecule is CCCCOC(=O)NC1CCN(C(=O)c2ccc3c(c2)C(=O)N(CC(C)C)C3=O)CC1. The van der Waals surface area contributed by atoms with Crippen molar-refractivity contribution in [2.45, 2.75) is 52.5 Å². The Hall–Kier alpha value is -2.90. The smallest absolute Gasteiger partial charge is 0.407 e. The van der Waals surface area contributed by atoms with Crippen LogP contribution in [-0.4, -0.2) is 65.9 Å². The van der Waals surface area contributed by atoms with Gasteiger partial charge < -0.3 is 15.0 Å². The summed E-state index contributed by atoms with van der Waals surface area (Å²) in [5.41, 5.74) is 1.05. The minimum absolute atomic E-state index is 0.0259. The fraction of sp³-hybridized carbons (Fsp3) is 0.565. The van der Waals surface area contributed by atoms with E-state index in [2.05, 4.69) is 5.32 Å². The van der Waals surface area contributed by atoms with Crippen LogP contribution in [0, 0.1) is 5.92 Å². The number of rotatable bonds is 7. The van der Waals surface area contributed by atoms with Gasteiger partial charge in [0.15, 0.2) is 0 Å². The summed E-state index contributed by atoms with van der Waals surface area (Å²) in [6.07, 6.45) is 2.67. The summed E-state index contributed by atoms with van der Waals surface area (Å²) in [5.74, 6) is -0.644. The molecule has 3 rings (SSSR count). The van der Waals surface area contributed by atoms with E-state index >= 15 is 0 Å². The van der Waals surface area contributed by atoms with Crippen LogP contribution in [0.2, 0.25) is 0 Å². The molecule has 0 aromatic heterocycles. The van der Waals surface area contributed by atoms with Gasteiger partial charge in [-0.25, -0.2) is 4.79 Å². The third kappa shape index (κ3) is 5.24. The van der Waals surface area contributed by atoms with Crippen LogP contribution in [-0.2, 0) is 4.74 Å². The molecule has 4 amide bonds. The van der Waals surface area contributed by atoms with E-state index in [0.717, 1.165) is 12.8 Å². The number of nitrogens with zero attached hydrogens (tertiary/aromatic N) is 2. The van der Waals surface area contributed by atoms with Crippen LogP contribution in [0.4, 0.5) is 4.79 Å².